The lowest BCUT2D eigenvalue weighted by molar-refractivity contribution is -0.384. The van der Waals surface area contributed by atoms with Gasteiger partial charge in [0.25, 0.3) is 5.69 Å². The molecule has 0 unspecified atom stereocenters. The number of nitrogens with two attached hydrogens (primary N) is 1. The maximum absolute atomic E-state index is 11.9. The number of carbonyl (C=O) groups excluding carboxylic acids is 1. The van der Waals surface area contributed by atoms with E-state index < -0.39 is 10.9 Å². The number of hydrogen-bond acceptors (Lipinski definition) is 5. The van der Waals surface area contributed by atoms with E-state index in [-0.39, 0.29) is 17.9 Å². The number of amidine groups is 1. The molecule has 0 atom stereocenters. The first-order valence-electron chi connectivity index (χ1n) is 7.21. The van der Waals surface area contributed by atoms with Gasteiger partial charge in [-0.3, -0.25) is 10.1 Å². The highest BCUT2D eigenvalue weighted by molar-refractivity contribution is 5.90. The second-order valence-corrected chi connectivity index (χ2v) is 5.36. The third-order valence-corrected chi connectivity index (χ3v) is 3.52. The Labute approximate surface area is 138 Å². The molecule has 0 spiro atoms. The molecule has 0 aliphatic heterocycles. The molecule has 124 valence electrons. The van der Waals surface area contributed by atoms with E-state index >= 15 is 0 Å². The summed E-state index contributed by atoms with van der Waals surface area (Å²) in [4.78, 5) is 26.9. The largest absolute Gasteiger partial charge is 0.384 e. The normalized spacial score (nSPS) is 11.2. The Morgan fingerprint density at radius 3 is 2.42 bits per heavy atom. The van der Waals surface area contributed by atoms with Gasteiger partial charge >= 0.3 is 5.97 Å². The maximum atomic E-state index is 11.9. The summed E-state index contributed by atoms with van der Waals surface area (Å²) in [6.45, 7) is 3.85. The fourth-order valence-corrected chi connectivity index (χ4v) is 2.00. The summed E-state index contributed by atoms with van der Waals surface area (Å²) in [5.74, 6) is -0.495. The molecule has 0 aliphatic rings. The van der Waals surface area contributed by atoms with E-state index in [1.165, 1.54) is 12.1 Å². The summed E-state index contributed by atoms with van der Waals surface area (Å²) < 4.78 is 0. The van der Waals surface area contributed by atoms with Crippen LogP contribution < -0.4 is 5.73 Å². The van der Waals surface area contributed by atoms with E-state index in [2.05, 4.69) is 5.16 Å². The standard InChI is InChI=1S/C17H17N3O4/c1-11-3-6-14(9-12(11)2)17(21)24-19-16(18)10-13-4-7-15(8-5-13)20(22)23/h3-9H,10H2,1-2H3,(H2,18,19). The zero-order valence-corrected chi connectivity index (χ0v) is 13.4. The van der Waals surface area contributed by atoms with Crippen LogP contribution in [-0.2, 0) is 11.3 Å². The first-order valence-corrected chi connectivity index (χ1v) is 7.21. The summed E-state index contributed by atoms with van der Waals surface area (Å²) in [5.41, 5.74) is 8.89. The lowest BCUT2D eigenvalue weighted by atomic mass is 10.1. The van der Waals surface area contributed by atoms with Gasteiger partial charge in [0.2, 0.25) is 0 Å². The number of hydrogen-bond donors (Lipinski definition) is 1. The summed E-state index contributed by atoms with van der Waals surface area (Å²) in [6.07, 6.45) is 0.220. The van der Waals surface area contributed by atoms with Gasteiger partial charge in [0.05, 0.1) is 10.5 Å². The van der Waals surface area contributed by atoms with Crippen LogP contribution in [0.4, 0.5) is 5.69 Å². The van der Waals surface area contributed by atoms with Crippen LogP contribution in [0.25, 0.3) is 0 Å². The predicted octanol–water partition coefficient (Wildman–Crippen LogP) is 2.88. The fraction of sp³-hybridized carbons (Fsp3) is 0.176. The van der Waals surface area contributed by atoms with E-state index in [4.69, 9.17) is 10.6 Å². The van der Waals surface area contributed by atoms with Crippen molar-refractivity contribution in [3.05, 3.63) is 74.8 Å². The van der Waals surface area contributed by atoms with Gasteiger partial charge in [-0.1, -0.05) is 23.4 Å². The van der Waals surface area contributed by atoms with Crippen molar-refractivity contribution < 1.29 is 14.6 Å². The molecule has 7 heteroatoms. The average Bonchev–Trinajstić information content (AvgIpc) is 2.55. The number of non-ortho nitro benzene ring substituents is 1. The zero-order valence-electron chi connectivity index (χ0n) is 13.4. The number of benzene rings is 2. The highest BCUT2D eigenvalue weighted by Gasteiger charge is 2.09. The van der Waals surface area contributed by atoms with Crippen LogP contribution in [0.2, 0.25) is 0 Å². The molecule has 0 heterocycles. The van der Waals surface area contributed by atoms with Crippen LogP contribution in [-0.4, -0.2) is 16.7 Å². The molecule has 2 rings (SSSR count). The van der Waals surface area contributed by atoms with Crippen molar-refractivity contribution in [2.45, 2.75) is 20.3 Å². The van der Waals surface area contributed by atoms with Crippen LogP contribution in [0, 0.1) is 24.0 Å². The monoisotopic (exact) mass is 327 g/mol. The zero-order chi connectivity index (χ0) is 17.7. The SMILES string of the molecule is Cc1ccc(C(=O)O/N=C(/N)Cc2ccc([N+](=O)[O-])cc2)cc1C. The van der Waals surface area contributed by atoms with Crippen LogP contribution in [0.3, 0.4) is 0 Å². The highest BCUT2D eigenvalue weighted by Crippen LogP contribution is 2.13. The van der Waals surface area contributed by atoms with Gasteiger partial charge in [-0.2, -0.15) is 0 Å². The number of rotatable bonds is 5. The van der Waals surface area contributed by atoms with Gasteiger partial charge in [0, 0.05) is 18.6 Å². The molecule has 2 aromatic carbocycles. The van der Waals surface area contributed by atoms with Crippen molar-refractivity contribution in [3.63, 3.8) is 0 Å². The molecule has 0 saturated carbocycles. The molecule has 24 heavy (non-hydrogen) atoms. The molecule has 0 aromatic heterocycles. The van der Waals surface area contributed by atoms with Crippen LogP contribution >= 0.6 is 0 Å². The van der Waals surface area contributed by atoms with Gasteiger partial charge in [-0.15, -0.1) is 0 Å². The topological polar surface area (TPSA) is 108 Å². The molecule has 2 N–H and O–H groups in total. The number of carbonyl (C=O) groups is 1. The number of aryl methyl sites for hydroxylation is 2. The Bertz CT molecular complexity index is 798. The minimum Gasteiger partial charge on any atom is -0.384 e. The number of nitrogens with zero attached hydrogens (tertiary/aromatic N) is 2. The molecule has 0 fully saturated rings. The Morgan fingerprint density at radius 1 is 1.17 bits per heavy atom. The van der Waals surface area contributed by atoms with Gasteiger partial charge in [-0.25, -0.2) is 4.79 Å². The van der Waals surface area contributed by atoms with Crippen molar-refractivity contribution >= 4 is 17.5 Å². The smallest absolute Gasteiger partial charge is 0.365 e. The maximum Gasteiger partial charge on any atom is 0.365 e. The van der Waals surface area contributed by atoms with Crippen LogP contribution in [0.1, 0.15) is 27.0 Å². The van der Waals surface area contributed by atoms with E-state index in [9.17, 15) is 14.9 Å². The highest BCUT2D eigenvalue weighted by atomic mass is 16.7. The van der Waals surface area contributed by atoms with Gasteiger partial charge in [0.15, 0.2) is 0 Å². The summed E-state index contributed by atoms with van der Waals surface area (Å²) in [7, 11) is 0. The van der Waals surface area contributed by atoms with Crippen molar-refractivity contribution in [3.8, 4) is 0 Å². The molecule has 0 amide bonds. The van der Waals surface area contributed by atoms with Crippen LogP contribution in [0.15, 0.2) is 47.6 Å². The molecule has 0 radical (unpaired) electrons. The van der Waals surface area contributed by atoms with Gasteiger partial charge in [-0.05, 0) is 42.7 Å². The Hall–Kier alpha value is -3.22. The van der Waals surface area contributed by atoms with Crippen molar-refractivity contribution in [2.75, 3.05) is 0 Å². The summed E-state index contributed by atoms with van der Waals surface area (Å²) >= 11 is 0. The van der Waals surface area contributed by atoms with Crippen molar-refractivity contribution in [1.82, 2.24) is 0 Å². The summed E-state index contributed by atoms with van der Waals surface area (Å²) in [5, 5.41) is 14.2. The van der Waals surface area contributed by atoms with Crippen molar-refractivity contribution in [1.29, 1.82) is 0 Å². The molecule has 0 aliphatic carbocycles. The summed E-state index contributed by atoms with van der Waals surface area (Å²) in [6, 6.07) is 11.1. The average molecular weight is 327 g/mol. The lowest BCUT2D eigenvalue weighted by Crippen LogP contribution is -2.16. The molecular weight excluding hydrogens is 310 g/mol. The fourth-order valence-electron chi connectivity index (χ4n) is 2.00. The second-order valence-electron chi connectivity index (χ2n) is 5.36. The third-order valence-electron chi connectivity index (χ3n) is 3.52. The minimum absolute atomic E-state index is 0.00423. The molecular formula is C17H17N3O4. The quantitative estimate of drug-likeness (QED) is 0.299. The van der Waals surface area contributed by atoms with Crippen molar-refractivity contribution in [2.24, 2.45) is 10.9 Å². The van der Waals surface area contributed by atoms with Gasteiger partial charge < -0.3 is 10.6 Å². The molecule has 7 nitrogen and oxygen atoms in total. The molecule has 2 aromatic rings. The van der Waals surface area contributed by atoms with E-state index in [1.807, 2.05) is 19.9 Å². The third kappa shape index (κ3) is 4.39. The molecule has 0 saturated heterocycles. The Kier molecular flexibility index (Phi) is 5.26. The Morgan fingerprint density at radius 2 is 1.83 bits per heavy atom. The number of nitro groups is 1. The first-order chi connectivity index (χ1) is 11.4. The van der Waals surface area contributed by atoms with Crippen LogP contribution in [0.5, 0.6) is 0 Å². The number of nitro benzene ring substituents is 1. The van der Waals surface area contributed by atoms with Gasteiger partial charge in [0.1, 0.15) is 5.84 Å². The number of oxime groups is 1. The minimum atomic E-state index is -0.593. The molecule has 0 bridgehead atoms. The lowest BCUT2D eigenvalue weighted by Gasteiger charge is -2.04. The Balaban J connectivity index is 1.99. The van der Waals surface area contributed by atoms with E-state index in [0.29, 0.717) is 5.56 Å². The van der Waals surface area contributed by atoms with E-state index in [0.717, 1.165) is 16.7 Å². The second kappa shape index (κ2) is 7.36. The first kappa shape index (κ1) is 17.1. The van der Waals surface area contributed by atoms with E-state index in [1.54, 1.807) is 24.3 Å². The predicted molar refractivity (Wildman–Crippen MR) is 89.8 cm³/mol.